The molecule has 78 valence electrons. The Balaban J connectivity index is 2.94. The fourth-order valence-electron chi connectivity index (χ4n) is 1.41. The smallest absolute Gasteiger partial charge is 0.278 e. The summed E-state index contributed by atoms with van der Waals surface area (Å²) in [5, 5.41) is 4.06. The van der Waals surface area contributed by atoms with Gasteiger partial charge in [0.25, 0.3) is 5.56 Å². The third-order valence-corrected chi connectivity index (χ3v) is 2.56. The summed E-state index contributed by atoms with van der Waals surface area (Å²) >= 11 is 3.25. The van der Waals surface area contributed by atoms with E-state index in [1.54, 1.807) is 12.3 Å². The van der Waals surface area contributed by atoms with Crippen molar-refractivity contribution in [1.82, 2.24) is 14.2 Å². The number of carbonyl (C=O) groups is 1. The fourth-order valence-corrected chi connectivity index (χ4v) is 1.82. The van der Waals surface area contributed by atoms with Crippen LogP contribution in [0.5, 0.6) is 0 Å². The Morgan fingerprint density at radius 2 is 2.20 bits per heavy atom. The van der Waals surface area contributed by atoms with Crippen molar-refractivity contribution >= 4 is 27.2 Å². The second kappa shape index (κ2) is 3.30. The summed E-state index contributed by atoms with van der Waals surface area (Å²) in [6, 6.07) is 1.67. The third-order valence-electron chi connectivity index (χ3n) is 2.13. The molecule has 0 amide bonds. The van der Waals surface area contributed by atoms with Crippen molar-refractivity contribution in [2.75, 3.05) is 0 Å². The highest BCUT2D eigenvalue weighted by Gasteiger charge is 2.12. The minimum Gasteiger partial charge on any atom is -0.291 e. The topological polar surface area (TPSA) is 56.4 Å². The number of fused-ring (bicyclic) bond motifs is 1. The molecule has 2 heterocycles. The van der Waals surface area contributed by atoms with Crippen LogP contribution in [0, 0.1) is 0 Å². The number of hydrogen-bond acceptors (Lipinski definition) is 3. The van der Waals surface area contributed by atoms with Crippen LogP contribution in [0.2, 0.25) is 0 Å². The maximum absolute atomic E-state index is 11.8. The molecule has 15 heavy (non-hydrogen) atoms. The zero-order chi connectivity index (χ0) is 11.2. The van der Waals surface area contributed by atoms with Gasteiger partial charge in [0.1, 0.15) is 5.52 Å². The van der Waals surface area contributed by atoms with Crippen LogP contribution in [0.1, 0.15) is 17.5 Å². The fraction of sp³-hybridized carbons (Fsp3) is 0.222. The van der Waals surface area contributed by atoms with E-state index in [1.807, 2.05) is 0 Å². The van der Waals surface area contributed by atoms with Crippen molar-refractivity contribution < 1.29 is 4.79 Å². The SMILES string of the molecule is CC(=O)c1nn2cc(Br)cc2c(=O)n1C. The van der Waals surface area contributed by atoms with Gasteiger partial charge in [-0.2, -0.15) is 0 Å². The van der Waals surface area contributed by atoms with Crippen LogP contribution in [-0.2, 0) is 7.05 Å². The predicted molar refractivity (Wildman–Crippen MR) is 58.1 cm³/mol. The predicted octanol–water partition coefficient (Wildman–Crippen LogP) is 0.998. The number of Topliss-reactive ketones (excluding diaryl/α,β-unsaturated/α-hetero) is 1. The standard InChI is InChI=1S/C9H8BrN3O2/c1-5(14)8-11-13-4-6(10)3-7(13)9(15)12(8)2/h3-4H,1-2H3. The zero-order valence-corrected chi connectivity index (χ0v) is 9.78. The van der Waals surface area contributed by atoms with Gasteiger partial charge in [0.2, 0.25) is 0 Å². The van der Waals surface area contributed by atoms with Crippen LogP contribution in [0.25, 0.3) is 5.52 Å². The molecule has 0 fully saturated rings. The lowest BCUT2D eigenvalue weighted by molar-refractivity contribution is 0.0997. The third kappa shape index (κ3) is 1.50. The largest absolute Gasteiger partial charge is 0.291 e. The molecule has 0 aliphatic heterocycles. The molecule has 5 nitrogen and oxygen atoms in total. The number of aromatic nitrogens is 3. The summed E-state index contributed by atoms with van der Waals surface area (Å²) in [5.74, 6) is -0.0862. The van der Waals surface area contributed by atoms with E-state index in [1.165, 1.54) is 23.1 Å². The first-order valence-electron chi connectivity index (χ1n) is 4.26. The monoisotopic (exact) mass is 269 g/mol. The Labute approximate surface area is 93.5 Å². The first-order chi connectivity index (χ1) is 7.00. The van der Waals surface area contributed by atoms with Gasteiger partial charge in [-0.25, -0.2) is 4.52 Å². The van der Waals surface area contributed by atoms with Gasteiger partial charge in [-0.15, -0.1) is 5.10 Å². The summed E-state index contributed by atoms with van der Waals surface area (Å²) in [6.45, 7) is 1.38. The van der Waals surface area contributed by atoms with E-state index in [-0.39, 0.29) is 17.2 Å². The van der Waals surface area contributed by atoms with Gasteiger partial charge in [-0.1, -0.05) is 0 Å². The molecule has 0 aromatic carbocycles. The van der Waals surface area contributed by atoms with Gasteiger partial charge in [-0.3, -0.25) is 14.2 Å². The van der Waals surface area contributed by atoms with Crippen molar-refractivity contribution in [3.8, 4) is 0 Å². The Kier molecular flexibility index (Phi) is 2.22. The molecule has 0 saturated carbocycles. The normalized spacial score (nSPS) is 10.9. The number of nitrogens with zero attached hydrogens (tertiary/aromatic N) is 3. The number of hydrogen-bond donors (Lipinski definition) is 0. The average Bonchev–Trinajstić information content (AvgIpc) is 2.52. The molecule has 0 atom stereocenters. The van der Waals surface area contributed by atoms with Gasteiger partial charge in [0.15, 0.2) is 11.6 Å². The van der Waals surface area contributed by atoms with E-state index < -0.39 is 0 Å². The first-order valence-corrected chi connectivity index (χ1v) is 5.06. The molecule has 0 radical (unpaired) electrons. The van der Waals surface area contributed by atoms with Crippen molar-refractivity contribution in [2.24, 2.45) is 7.05 Å². The molecule has 2 rings (SSSR count). The van der Waals surface area contributed by atoms with E-state index >= 15 is 0 Å². The Morgan fingerprint density at radius 1 is 1.53 bits per heavy atom. The molecule has 0 bridgehead atoms. The number of carbonyl (C=O) groups excluding carboxylic acids is 1. The molecular formula is C9H8BrN3O2. The molecular weight excluding hydrogens is 262 g/mol. The van der Waals surface area contributed by atoms with Crippen molar-refractivity contribution in [3.05, 3.63) is 32.9 Å². The van der Waals surface area contributed by atoms with Crippen molar-refractivity contribution in [3.63, 3.8) is 0 Å². The summed E-state index contributed by atoms with van der Waals surface area (Å²) < 4.78 is 3.42. The molecule has 0 aliphatic carbocycles. The summed E-state index contributed by atoms with van der Waals surface area (Å²) in [7, 11) is 1.53. The van der Waals surface area contributed by atoms with Gasteiger partial charge in [0.05, 0.1) is 0 Å². The highest BCUT2D eigenvalue weighted by Crippen LogP contribution is 2.11. The van der Waals surface area contributed by atoms with E-state index in [0.29, 0.717) is 5.52 Å². The Bertz CT molecular complexity index is 612. The number of ketones is 1. The number of halogens is 1. The molecule has 0 unspecified atom stereocenters. The number of rotatable bonds is 1. The van der Waals surface area contributed by atoms with E-state index in [9.17, 15) is 9.59 Å². The molecule has 2 aromatic heterocycles. The van der Waals surface area contributed by atoms with Crippen LogP contribution in [0.4, 0.5) is 0 Å². The first kappa shape index (κ1) is 10.1. The van der Waals surface area contributed by atoms with Crippen LogP contribution < -0.4 is 5.56 Å². The van der Waals surface area contributed by atoms with E-state index in [4.69, 9.17) is 0 Å². The maximum atomic E-state index is 11.8. The molecule has 0 saturated heterocycles. The van der Waals surface area contributed by atoms with Gasteiger partial charge < -0.3 is 0 Å². The van der Waals surface area contributed by atoms with Gasteiger partial charge in [-0.05, 0) is 22.0 Å². The Morgan fingerprint density at radius 3 is 2.80 bits per heavy atom. The molecule has 0 aliphatic rings. The summed E-state index contributed by atoms with van der Waals surface area (Å²) in [5.41, 5.74) is 0.204. The van der Waals surface area contributed by atoms with Crippen LogP contribution in [0.15, 0.2) is 21.5 Å². The minimum atomic E-state index is -0.235. The van der Waals surface area contributed by atoms with Crippen molar-refractivity contribution in [1.29, 1.82) is 0 Å². The molecule has 0 spiro atoms. The van der Waals surface area contributed by atoms with Crippen molar-refractivity contribution in [2.45, 2.75) is 6.92 Å². The van der Waals surface area contributed by atoms with Gasteiger partial charge >= 0.3 is 0 Å². The van der Waals surface area contributed by atoms with Crippen LogP contribution >= 0.6 is 15.9 Å². The maximum Gasteiger partial charge on any atom is 0.278 e. The molecule has 6 heteroatoms. The molecule has 0 N–H and O–H groups in total. The van der Waals surface area contributed by atoms with E-state index in [0.717, 1.165) is 4.47 Å². The minimum absolute atomic E-state index is 0.149. The highest BCUT2D eigenvalue weighted by atomic mass is 79.9. The zero-order valence-electron chi connectivity index (χ0n) is 8.19. The van der Waals surface area contributed by atoms with Crippen LogP contribution in [-0.4, -0.2) is 20.0 Å². The Hall–Kier alpha value is -1.43. The quantitative estimate of drug-likeness (QED) is 0.726. The summed E-state index contributed by atoms with van der Waals surface area (Å²) in [6.07, 6.45) is 1.64. The molecule has 2 aromatic rings. The second-order valence-corrected chi connectivity index (χ2v) is 4.15. The average molecular weight is 270 g/mol. The van der Waals surface area contributed by atoms with E-state index in [2.05, 4.69) is 21.0 Å². The lowest BCUT2D eigenvalue weighted by atomic mass is 10.4. The lowest BCUT2D eigenvalue weighted by Crippen LogP contribution is -2.26. The highest BCUT2D eigenvalue weighted by molar-refractivity contribution is 9.10. The van der Waals surface area contributed by atoms with Gasteiger partial charge in [0, 0.05) is 24.6 Å². The second-order valence-electron chi connectivity index (χ2n) is 3.23. The lowest BCUT2D eigenvalue weighted by Gasteiger charge is -2.03. The summed E-state index contributed by atoms with van der Waals surface area (Å²) in [4.78, 5) is 23.0. The van der Waals surface area contributed by atoms with Crippen LogP contribution in [0.3, 0.4) is 0 Å².